The minimum atomic E-state index is 0.303. The van der Waals surface area contributed by atoms with Crippen LogP contribution in [0.5, 0.6) is 0 Å². The first kappa shape index (κ1) is 21.7. The van der Waals surface area contributed by atoms with E-state index >= 15 is 0 Å². The Kier molecular flexibility index (Phi) is 6.67. The second kappa shape index (κ2) is 9.82. The number of hydrogen-bond acceptors (Lipinski definition) is 4. The van der Waals surface area contributed by atoms with Crippen LogP contribution in [0.25, 0.3) is 11.1 Å². The third kappa shape index (κ3) is 4.95. The Balaban J connectivity index is 1.08. The van der Waals surface area contributed by atoms with Crippen molar-refractivity contribution in [3.63, 3.8) is 0 Å². The van der Waals surface area contributed by atoms with Crippen LogP contribution in [-0.4, -0.2) is 85.6 Å². The van der Waals surface area contributed by atoms with E-state index in [2.05, 4.69) is 49.9 Å². The molecule has 0 bridgehead atoms. The molecule has 0 aromatic heterocycles. The third-order valence-corrected chi connectivity index (χ3v) is 7.61. The van der Waals surface area contributed by atoms with Gasteiger partial charge in [0.2, 0.25) is 5.91 Å². The van der Waals surface area contributed by atoms with Crippen molar-refractivity contribution in [3.05, 3.63) is 53.6 Å². The maximum atomic E-state index is 12.8. The Bertz CT molecular complexity index is 914. The summed E-state index contributed by atoms with van der Waals surface area (Å²) < 4.78 is 0. The number of piperazine rings is 2. The lowest BCUT2D eigenvalue weighted by Crippen LogP contribution is -2.56. The molecule has 1 saturated carbocycles. The first-order valence-corrected chi connectivity index (χ1v) is 12.4. The zero-order valence-electron chi connectivity index (χ0n) is 18.8. The van der Waals surface area contributed by atoms with Crippen molar-refractivity contribution < 1.29 is 4.79 Å². The lowest BCUT2D eigenvalue weighted by molar-refractivity contribution is -0.134. The van der Waals surface area contributed by atoms with E-state index in [1.165, 1.54) is 30.5 Å². The molecule has 2 heterocycles. The maximum absolute atomic E-state index is 12.8. The molecule has 2 saturated heterocycles. The monoisotopic (exact) mass is 452 g/mol. The molecule has 3 aliphatic rings. The van der Waals surface area contributed by atoms with Crippen LogP contribution in [0.3, 0.4) is 0 Å². The highest BCUT2D eigenvalue weighted by molar-refractivity contribution is 6.30. The number of anilines is 1. The number of benzene rings is 2. The lowest BCUT2D eigenvalue weighted by Gasteiger charge is -2.43. The van der Waals surface area contributed by atoms with E-state index < -0.39 is 0 Å². The third-order valence-electron chi connectivity index (χ3n) is 7.38. The molecule has 2 aliphatic heterocycles. The average molecular weight is 453 g/mol. The van der Waals surface area contributed by atoms with Gasteiger partial charge in [-0.3, -0.25) is 14.6 Å². The molecule has 1 aliphatic carbocycles. The molecule has 3 fully saturated rings. The predicted octanol–water partition coefficient (Wildman–Crippen LogP) is 3.83. The van der Waals surface area contributed by atoms with Gasteiger partial charge >= 0.3 is 0 Å². The second-order valence-electron chi connectivity index (χ2n) is 9.32. The minimum Gasteiger partial charge on any atom is -0.369 e. The molecule has 0 spiro atoms. The summed E-state index contributed by atoms with van der Waals surface area (Å²) in [5.41, 5.74) is 3.56. The van der Waals surface area contributed by atoms with Crippen LogP contribution in [0, 0.1) is 0 Å². The molecule has 32 heavy (non-hydrogen) atoms. The Morgan fingerprint density at radius 1 is 0.844 bits per heavy atom. The first-order valence-electron chi connectivity index (χ1n) is 12.0. The van der Waals surface area contributed by atoms with Crippen LogP contribution in [0.4, 0.5) is 5.69 Å². The zero-order valence-corrected chi connectivity index (χ0v) is 19.5. The topological polar surface area (TPSA) is 30.0 Å². The molecule has 0 unspecified atom stereocenters. The summed E-state index contributed by atoms with van der Waals surface area (Å²) >= 11 is 6.13. The van der Waals surface area contributed by atoms with Crippen molar-refractivity contribution >= 4 is 23.2 Å². The van der Waals surface area contributed by atoms with Crippen molar-refractivity contribution in [2.45, 2.75) is 25.3 Å². The highest BCUT2D eigenvalue weighted by Gasteiger charge is 2.30. The number of carbonyl (C=O) groups is 1. The number of carbonyl (C=O) groups excluding carboxylic acids is 1. The molecular weight excluding hydrogens is 420 g/mol. The van der Waals surface area contributed by atoms with Crippen molar-refractivity contribution in [2.24, 2.45) is 0 Å². The normalized spacial score (nSPS) is 20.9. The molecule has 6 heteroatoms. The fraction of sp³-hybridized carbons (Fsp3) is 0.500. The van der Waals surface area contributed by atoms with Gasteiger partial charge in [-0.05, 0) is 48.2 Å². The smallest absolute Gasteiger partial charge is 0.236 e. The van der Waals surface area contributed by atoms with Gasteiger partial charge in [0.1, 0.15) is 0 Å². The van der Waals surface area contributed by atoms with Gasteiger partial charge < -0.3 is 9.80 Å². The van der Waals surface area contributed by atoms with Crippen LogP contribution in [0.15, 0.2) is 48.5 Å². The Labute approximate surface area is 196 Å². The first-order chi connectivity index (χ1) is 15.7. The second-order valence-corrected chi connectivity index (χ2v) is 9.76. The van der Waals surface area contributed by atoms with Crippen molar-refractivity contribution in [1.82, 2.24) is 14.7 Å². The van der Waals surface area contributed by atoms with Gasteiger partial charge in [-0.2, -0.15) is 0 Å². The van der Waals surface area contributed by atoms with Crippen LogP contribution in [-0.2, 0) is 4.79 Å². The van der Waals surface area contributed by atoms with E-state index in [0.29, 0.717) is 12.5 Å². The lowest BCUT2D eigenvalue weighted by atomic mass is 9.91. The van der Waals surface area contributed by atoms with Gasteiger partial charge in [-0.15, -0.1) is 0 Å². The fourth-order valence-corrected chi connectivity index (χ4v) is 5.27. The summed E-state index contributed by atoms with van der Waals surface area (Å²) in [6.45, 7) is 8.24. The van der Waals surface area contributed by atoms with Crippen molar-refractivity contribution in [3.8, 4) is 11.1 Å². The van der Waals surface area contributed by atoms with E-state index in [1.54, 1.807) is 0 Å². The summed E-state index contributed by atoms with van der Waals surface area (Å²) in [5, 5.41) is 0.762. The minimum absolute atomic E-state index is 0.303. The summed E-state index contributed by atoms with van der Waals surface area (Å²) in [7, 11) is 0. The van der Waals surface area contributed by atoms with Crippen LogP contribution >= 0.6 is 11.6 Å². The van der Waals surface area contributed by atoms with E-state index in [0.717, 1.165) is 69.0 Å². The highest BCUT2D eigenvalue weighted by Crippen LogP contribution is 2.27. The van der Waals surface area contributed by atoms with Crippen LogP contribution in [0.2, 0.25) is 5.02 Å². The quantitative estimate of drug-likeness (QED) is 0.689. The molecule has 0 radical (unpaired) electrons. The number of rotatable bonds is 5. The average Bonchev–Trinajstić information content (AvgIpc) is 2.79. The maximum Gasteiger partial charge on any atom is 0.236 e. The summed E-state index contributed by atoms with van der Waals surface area (Å²) in [6, 6.07) is 17.5. The summed E-state index contributed by atoms with van der Waals surface area (Å²) in [5.74, 6) is 0.303. The number of hydrogen-bond donors (Lipinski definition) is 0. The fourth-order valence-electron chi connectivity index (χ4n) is 5.08. The van der Waals surface area contributed by atoms with Gasteiger partial charge in [0.15, 0.2) is 0 Å². The number of nitrogens with zero attached hydrogens (tertiary/aromatic N) is 4. The van der Waals surface area contributed by atoms with Crippen LogP contribution in [0.1, 0.15) is 19.3 Å². The Morgan fingerprint density at radius 2 is 1.56 bits per heavy atom. The molecule has 2 aromatic carbocycles. The largest absolute Gasteiger partial charge is 0.369 e. The van der Waals surface area contributed by atoms with E-state index in [9.17, 15) is 4.79 Å². The zero-order chi connectivity index (χ0) is 21.9. The number of amides is 1. The standard InChI is InChI=1S/C26H33ClN4O/c27-23-4-1-3-22(19-23)21-7-9-25(10-8-21)29-13-11-28(12-14-29)20-26(32)31-17-15-30(16-18-31)24-5-2-6-24/h1,3-4,7-10,19,24H,2,5-6,11-18,20H2. The summed E-state index contributed by atoms with van der Waals surface area (Å²) in [4.78, 5) is 22.2. The Morgan fingerprint density at radius 3 is 2.19 bits per heavy atom. The van der Waals surface area contributed by atoms with E-state index in [-0.39, 0.29) is 0 Å². The Hall–Kier alpha value is -2.08. The predicted molar refractivity (Wildman–Crippen MR) is 131 cm³/mol. The van der Waals surface area contributed by atoms with Gasteiger partial charge in [-0.25, -0.2) is 0 Å². The molecule has 1 amide bonds. The molecule has 5 nitrogen and oxygen atoms in total. The van der Waals surface area contributed by atoms with Gasteiger partial charge in [0.05, 0.1) is 6.54 Å². The number of halogens is 1. The van der Waals surface area contributed by atoms with Crippen molar-refractivity contribution in [2.75, 3.05) is 63.8 Å². The molecule has 0 N–H and O–H groups in total. The van der Waals surface area contributed by atoms with Gasteiger partial charge in [0, 0.05) is 69.1 Å². The molecule has 170 valence electrons. The molecule has 5 rings (SSSR count). The van der Waals surface area contributed by atoms with Gasteiger partial charge in [-0.1, -0.05) is 42.3 Å². The van der Waals surface area contributed by atoms with Crippen LogP contribution < -0.4 is 4.90 Å². The van der Waals surface area contributed by atoms with E-state index in [4.69, 9.17) is 11.6 Å². The van der Waals surface area contributed by atoms with Gasteiger partial charge in [0.25, 0.3) is 0 Å². The summed E-state index contributed by atoms with van der Waals surface area (Å²) in [6.07, 6.45) is 4.07. The highest BCUT2D eigenvalue weighted by atomic mass is 35.5. The molecule has 0 atom stereocenters. The van der Waals surface area contributed by atoms with E-state index in [1.807, 2.05) is 18.2 Å². The van der Waals surface area contributed by atoms with Crippen molar-refractivity contribution in [1.29, 1.82) is 0 Å². The molecule has 2 aromatic rings. The SMILES string of the molecule is O=C(CN1CCN(c2ccc(-c3cccc(Cl)c3)cc2)CC1)N1CCN(C2CCC2)CC1. The molecular formula is C26H33ClN4O.